The predicted octanol–water partition coefficient (Wildman–Crippen LogP) is 3.05. The van der Waals surface area contributed by atoms with Crippen molar-refractivity contribution in [1.29, 1.82) is 0 Å². The molecule has 1 aliphatic rings. The van der Waals surface area contributed by atoms with Gasteiger partial charge in [0.2, 0.25) is 0 Å². The van der Waals surface area contributed by atoms with Crippen molar-refractivity contribution in [1.82, 2.24) is 0 Å². The molecule has 1 aromatic carbocycles. The van der Waals surface area contributed by atoms with Gasteiger partial charge in [0.1, 0.15) is 0 Å². The Hall–Kier alpha value is -1.32. The minimum atomic E-state index is -2.46. The number of anilines is 2. The molecule has 1 atom stereocenters. The lowest BCUT2D eigenvalue weighted by Crippen LogP contribution is -2.20. The van der Waals surface area contributed by atoms with Crippen LogP contribution < -0.4 is 10.6 Å². The van der Waals surface area contributed by atoms with Gasteiger partial charge in [-0.15, -0.1) is 0 Å². The van der Waals surface area contributed by atoms with Gasteiger partial charge in [-0.25, -0.2) is 8.78 Å². The van der Waals surface area contributed by atoms with Gasteiger partial charge in [-0.3, -0.25) is 0 Å². The number of nitrogens with two attached hydrogens (primary N) is 1. The van der Waals surface area contributed by atoms with E-state index in [-0.39, 0.29) is 5.56 Å². The molecule has 1 fully saturated rings. The molecule has 16 heavy (non-hydrogen) atoms. The van der Waals surface area contributed by atoms with Crippen LogP contribution in [0.25, 0.3) is 0 Å². The highest BCUT2D eigenvalue weighted by molar-refractivity contribution is 5.60. The molecule has 0 bridgehead atoms. The summed E-state index contributed by atoms with van der Waals surface area (Å²) in [4.78, 5) is 2.02. The second-order valence-electron chi connectivity index (χ2n) is 4.46. The van der Waals surface area contributed by atoms with Crippen molar-refractivity contribution in [3.05, 3.63) is 23.8 Å². The van der Waals surface area contributed by atoms with Gasteiger partial charge in [-0.05, 0) is 30.5 Å². The topological polar surface area (TPSA) is 29.3 Å². The number of alkyl halides is 2. The summed E-state index contributed by atoms with van der Waals surface area (Å²) in [6.45, 7) is 3.84. The van der Waals surface area contributed by atoms with E-state index in [4.69, 9.17) is 5.73 Å². The number of nitrogen functional groups attached to an aromatic ring is 1. The molecule has 1 unspecified atom stereocenters. The molecule has 2 N–H and O–H groups in total. The molecule has 0 amide bonds. The van der Waals surface area contributed by atoms with Crippen molar-refractivity contribution in [2.75, 3.05) is 23.7 Å². The standard InChI is InChI=1S/C12H16F2N2/c1-8-4-5-16(7-8)11-3-2-9(15)6-10(11)12(13)14/h2-3,6,8,12H,4-5,7,15H2,1H3. The van der Waals surface area contributed by atoms with Crippen LogP contribution >= 0.6 is 0 Å². The van der Waals surface area contributed by atoms with Crippen LogP contribution in [0.15, 0.2) is 18.2 Å². The maximum absolute atomic E-state index is 12.9. The summed E-state index contributed by atoms with van der Waals surface area (Å²) >= 11 is 0. The molecule has 2 nitrogen and oxygen atoms in total. The highest BCUT2D eigenvalue weighted by Gasteiger charge is 2.23. The van der Waals surface area contributed by atoms with E-state index in [0.717, 1.165) is 19.5 Å². The molecular formula is C12H16F2N2. The fourth-order valence-electron chi connectivity index (χ4n) is 2.19. The van der Waals surface area contributed by atoms with Crippen LogP contribution in [0.2, 0.25) is 0 Å². The average molecular weight is 226 g/mol. The molecule has 4 heteroatoms. The van der Waals surface area contributed by atoms with Gasteiger partial charge in [-0.1, -0.05) is 6.92 Å². The van der Waals surface area contributed by atoms with Crippen molar-refractivity contribution in [2.24, 2.45) is 5.92 Å². The van der Waals surface area contributed by atoms with E-state index in [1.165, 1.54) is 6.07 Å². The lowest BCUT2D eigenvalue weighted by atomic mass is 10.1. The van der Waals surface area contributed by atoms with Crippen molar-refractivity contribution in [3.8, 4) is 0 Å². The average Bonchev–Trinajstić information content (AvgIpc) is 2.64. The second kappa shape index (κ2) is 4.28. The molecule has 0 aromatic heterocycles. The lowest BCUT2D eigenvalue weighted by Gasteiger charge is -2.21. The summed E-state index contributed by atoms with van der Waals surface area (Å²) in [6, 6.07) is 4.77. The first-order valence-electron chi connectivity index (χ1n) is 5.50. The first kappa shape index (κ1) is 11.2. The van der Waals surface area contributed by atoms with Gasteiger partial charge in [0.25, 0.3) is 6.43 Å². The monoisotopic (exact) mass is 226 g/mol. The smallest absolute Gasteiger partial charge is 0.265 e. The van der Waals surface area contributed by atoms with Crippen LogP contribution in [0.4, 0.5) is 20.2 Å². The highest BCUT2D eigenvalue weighted by atomic mass is 19.3. The SMILES string of the molecule is CC1CCN(c2ccc(N)cc2C(F)F)C1. The van der Waals surface area contributed by atoms with E-state index in [1.54, 1.807) is 12.1 Å². The third-order valence-corrected chi connectivity index (χ3v) is 3.05. The molecule has 88 valence electrons. The normalized spacial score (nSPS) is 20.8. The Bertz CT molecular complexity index is 379. The summed E-state index contributed by atoms with van der Waals surface area (Å²) in [7, 11) is 0. The van der Waals surface area contributed by atoms with Crippen molar-refractivity contribution in [3.63, 3.8) is 0 Å². The molecule has 1 heterocycles. The van der Waals surface area contributed by atoms with Crippen LogP contribution in [0.5, 0.6) is 0 Å². The van der Waals surface area contributed by atoms with E-state index in [2.05, 4.69) is 6.92 Å². The van der Waals surface area contributed by atoms with E-state index < -0.39 is 6.43 Å². The van der Waals surface area contributed by atoms with Crippen LogP contribution in [-0.4, -0.2) is 13.1 Å². The Labute approximate surface area is 94.0 Å². The van der Waals surface area contributed by atoms with Gasteiger partial charge in [-0.2, -0.15) is 0 Å². The number of benzene rings is 1. The van der Waals surface area contributed by atoms with Crippen molar-refractivity contribution in [2.45, 2.75) is 19.8 Å². The molecular weight excluding hydrogens is 210 g/mol. The van der Waals surface area contributed by atoms with Crippen LogP contribution in [0, 0.1) is 5.92 Å². The van der Waals surface area contributed by atoms with Crippen molar-refractivity contribution >= 4 is 11.4 Å². The number of halogens is 2. The molecule has 0 spiro atoms. The summed E-state index contributed by atoms with van der Waals surface area (Å²) in [6.07, 6.45) is -1.40. The van der Waals surface area contributed by atoms with Crippen molar-refractivity contribution < 1.29 is 8.78 Å². The maximum atomic E-state index is 12.9. The quantitative estimate of drug-likeness (QED) is 0.785. The Morgan fingerprint density at radius 2 is 2.19 bits per heavy atom. The van der Waals surface area contributed by atoms with Gasteiger partial charge < -0.3 is 10.6 Å². The maximum Gasteiger partial charge on any atom is 0.265 e. The molecule has 1 saturated heterocycles. The minimum absolute atomic E-state index is 0.0501. The summed E-state index contributed by atoms with van der Waals surface area (Å²) < 4.78 is 25.8. The second-order valence-corrected chi connectivity index (χ2v) is 4.46. The lowest BCUT2D eigenvalue weighted by molar-refractivity contribution is 0.152. The molecule has 2 rings (SSSR count). The summed E-state index contributed by atoms with van der Waals surface area (Å²) in [5.74, 6) is 0.572. The zero-order valence-electron chi connectivity index (χ0n) is 9.29. The van der Waals surface area contributed by atoms with Gasteiger partial charge >= 0.3 is 0 Å². The zero-order chi connectivity index (χ0) is 11.7. The van der Waals surface area contributed by atoms with Crippen LogP contribution in [0.1, 0.15) is 25.3 Å². The van der Waals surface area contributed by atoms with Crippen LogP contribution in [0.3, 0.4) is 0 Å². The van der Waals surface area contributed by atoms with E-state index in [0.29, 0.717) is 17.3 Å². The minimum Gasteiger partial charge on any atom is -0.399 e. The highest BCUT2D eigenvalue weighted by Crippen LogP contribution is 2.34. The van der Waals surface area contributed by atoms with E-state index in [9.17, 15) is 8.78 Å². The Morgan fingerprint density at radius 1 is 1.44 bits per heavy atom. The number of rotatable bonds is 2. The summed E-state index contributed by atoms with van der Waals surface area (Å²) in [5.41, 5.74) is 6.62. The van der Waals surface area contributed by atoms with Gasteiger partial charge in [0.05, 0.1) is 0 Å². The first-order valence-corrected chi connectivity index (χ1v) is 5.50. The molecule has 1 aliphatic heterocycles. The molecule has 0 radical (unpaired) electrons. The summed E-state index contributed by atoms with van der Waals surface area (Å²) in [5, 5.41) is 0. The fourth-order valence-corrected chi connectivity index (χ4v) is 2.19. The van der Waals surface area contributed by atoms with Gasteiger partial charge in [0.15, 0.2) is 0 Å². The molecule has 0 saturated carbocycles. The third-order valence-electron chi connectivity index (χ3n) is 3.05. The fraction of sp³-hybridized carbons (Fsp3) is 0.500. The Morgan fingerprint density at radius 3 is 2.75 bits per heavy atom. The zero-order valence-corrected chi connectivity index (χ0v) is 9.29. The largest absolute Gasteiger partial charge is 0.399 e. The number of nitrogens with zero attached hydrogens (tertiary/aromatic N) is 1. The predicted molar refractivity (Wildman–Crippen MR) is 61.8 cm³/mol. The third kappa shape index (κ3) is 2.10. The Balaban J connectivity index is 2.32. The first-order chi connectivity index (χ1) is 7.58. The molecule has 0 aliphatic carbocycles. The van der Waals surface area contributed by atoms with E-state index in [1.807, 2.05) is 4.90 Å². The Kier molecular flexibility index (Phi) is 2.99. The van der Waals surface area contributed by atoms with Gasteiger partial charge in [0, 0.05) is 30.0 Å². The van der Waals surface area contributed by atoms with E-state index >= 15 is 0 Å². The number of hydrogen-bond acceptors (Lipinski definition) is 2. The molecule has 1 aromatic rings. The number of hydrogen-bond donors (Lipinski definition) is 1. The van der Waals surface area contributed by atoms with Crippen LogP contribution in [-0.2, 0) is 0 Å².